The number of piperidine rings is 1. The molecule has 2 heterocycles. The van der Waals surface area contributed by atoms with Crippen molar-refractivity contribution in [2.24, 2.45) is 0 Å². The van der Waals surface area contributed by atoms with Crippen LogP contribution in [0.3, 0.4) is 0 Å². The average Bonchev–Trinajstić information content (AvgIpc) is 3.31. The summed E-state index contributed by atoms with van der Waals surface area (Å²) in [7, 11) is -4.56. The quantitative estimate of drug-likeness (QED) is 0.199. The van der Waals surface area contributed by atoms with Gasteiger partial charge in [-0.15, -0.1) is 11.3 Å². The third-order valence-corrected chi connectivity index (χ3v) is 9.70. The lowest BCUT2D eigenvalue weighted by Crippen LogP contribution is -2.38. The minimum atomic E-state index is -4.56. The van der Waals surface area contributed by atoms with Crippen LogP contribution in [-0.4, -0.2) is 64.2 Å². The number of amides is 1. The minimum Gasteiger partial charge on any atom is -0.477 e. The first-order chi connectivity index (χ1) is 21.3. The highest BCUT2D eigenvalue weighted by Gasteiger charge is 2.31. The molecule has 1 aliphatic rings. The lowest BCUT2D eigenvalue weighted by molar-refractivity contribution is -0.127. The van der Waals surface area contributed by atoms with E-state index in [0.29, 0.717) is 10.1 Å². The van der Waals surface area contributed by atoms with Gasteiger partial charge in [0.1, 0.15) is 22.5 Å². The predicted octanol–water partition coefficient (Wildman–Crippen LogP) is 5.23. The molecular weight excluding hydrogens is 634 g/mol. The fraction of sp³-hybridized carbons (Fsp3) is 0.400. The third kappa shape index (κ3) is 8.78. The van der Waals surface area contributed by atoms with Crippen LogP contribution in [0.4, 0.5) is 28.9 Å². The summed E-state index contributed by atoms with van der Waals surface area (Å²) < 4.78 is 88.0. The second-order valence-corrected chi connectivity index (χ2v) is 13.0. The molecule has 1 aliphatic heterocycles. The zero-order valence-corrected chi connectivity index (χ0v) is 26.1. The van der Waals surface area contributed by atoms with Crippen molar-refractivity contribution in [2.45, 2.75) is 50.2 Å². The van der Waals surface area contributed by atoms with Crippen LogP contribution in [0.2, 0.25) is 0 Å². The Morgan fingerprint density at radius 3 is 2.58 bits per heavy atom. The standard InChI is InChI=1S/C30H31F4N5O4S2/c1-3-39-13-9-20(10-14-39)37-24-7-4-6-21-22(18-30(32,33)34)27(44-29(21)24)8-5-12-36-25-16-23(31)28(17-26(25)43-15-11-35)45(41,42)38-19(2)40/h4,6-7,16-17,20,36-37H,3,9-10,12-15,18H2,1-2H3,(H,38,40). The first kappa shape index (κ1) is 33.8. The molecule has 1 saturated heterocycles. The number of anilines is 2. The van der Waals surface area contributed by atoms with Crippen LogP contribution in [-0.2, 0) is 21.2 Å². The fourth-order valence-electron chi connectivity index (χ4n) is 4.99. The zero-order valence-electron chi connectivity index (χ0n) is 24.5. The Hall–Kier alpha value is -4.05. The van der Waals surface area contributed by atoms with Gasteiger partial charge in [0.05, 0.1) is 33.9 Å². The van der Waals surface area contributed by atoms with Gasteiger partial charge >= 0.3 is 6.18 Å². The van der Waals surface area contributed by atoms with Gasteiger partial charge < -0.3 is 20.3 Å². The molecule has 1 amide bonds. The van der Waals surface area contributed by atoms with Gasteiger partial charge in [0, 0.05) is 38.2 Å². The van der Waals surface area contributed by atoms with Crippen LogP contribution in [0.5, 0.6) is 5.75 Å². The molecule has 0 saturated carbocycles. The summed E-state index contributed by atoms with van der Waals surface area (Å²) in [5.41, 5.74) is 0.772. The van der Waals surface area contributed by atoms with Crippen molar-refractivity contribution in [1.82, 2.24) is 9.62 Å². The van der Waals surface area contributed by atoms with Crippen LogP contribution >= 0.6 is 11.3 Å². The Morgan fingerprint density at radius 2 is 1.93 bits per heavy atom. The fourth-order valence-corrected chi connectivity index (χ4v) is 7.23. The number of alkyl halides is 3. The first-order valence-corrected chi connectivity index (χ1v) is 16.3. The summed E-state index contributed by atoms with van der Waals surface area (Å²) >= 11 is 1.16. The molecule has 0 radical (unpaired) electrons. The highest BCUT2D eigenvalue weighted by molar-refractivity contribution is 7.90. The number of fused-ring (bicyclic) bond motifs is 1. The number of likely N-dealkylation sites (tertiary alicyclic amines) is 1. The molecular formula is C30H31F4N5O4S2. The second kappa shape index (κ2) is 14.4. The summed E-state index contributed by atoms with van der Waals surface area (Å²) in [6.07, 6.45) is -3.79. The van der Waals surface area contributed by atoms with Gasteiger partial charge in [-0.05, 0) is 36.4 Å². The number of rotatable bonds is 10. The number of halogens is 4. The van der Waals surface area contributed by atoms with E-state index in [-0.39, 0.29) is 34.5 Å². The van der Waals surface area contributed by atoms with E-state index in [0.717, 1.165) is 68.6 Å². The molecule has 240 valence electrons. The van der Waals surface area contributed by atoms with Crippen molar-refractivity contribution in [3.05, 3.63) is 46.6 Å². The Balaban J connectivity index is 1.61. The van der Waals surface area contributed by atoms with E-state index in [4.69, 9.17) is 10.00 Å². The van der Waals surface area contributed by atoms with Crippen molar-refractivity contribution >= 4 is 48.7 Å². The number of sulfonamides is 1. The van der Waals surface area contributed by atoms with E-state index in [9.17, 15) is 30.8 Å². The molecule has 0 bridgehead atoms. The highest BCUT2D eigenvalue weighted by atomic mass is 32.2. The Labute approximate surface area is 262 Å². The number of nitrogens with zero attached hydrogens (tertiary/aromatic N) is 2. The van der Waals surface area contributed by atoms with E-state index in [1.165, 1.54) is 0 Å². The number of thiophene rings is 1. The van der Waals surface area contributed by atoms with Crippen LogP contribution in [0, 0.1) is 29.0 Å². The van der Waals surface area contributed by atoms with Crippen molar-refractivity contribution in [3.8, 4) is 23.7 Å². The van der Waals surface area contributed by atoms with Crippen LogP contribution in [0.1, 0.15) is 37.1 Å². The number of carbonyl (C=O) groups excluding carboxylic acids is 1. The van der Waals surface area contributed by atoms with Gasteiger partial charge in [-0.3, -0.25) is 4.79 Å². The molecule has 0 spiro atoms. The topological polar surface area (TPSA) is 124 Å². The smallest absolute Gasteiger partial charge is 0.393 e. The van der Waals surface area contributed by atoms with Gasteiger partial charge in [-0.25, -0.2) is 17.5 Å². The third-order valence-electron chi connectivity index (χ3n) is 7.05. The van der Waals surface area contributed by atoms with Gasteiger partial charge in [0.25, 0.3) is 10.0 Å². The molecule has 1 aromatic heterocycles. The van der Waals surface area contributed by atoms with E-state index in [1.807, 2.05) is 6.07 Å². The van der Waals surface area contributed by atoms with Crippen molar-refractivity contribution in [3.63, 3.8) is 0 Å². The van der Waals surface area contributed by atoms with Crippen molar-refractivity contribution in [1.29, 1.82) is 5.26 Å². The summed E-state index contributed by atoms with van der Waals surface area (Å²) in [5, 5.41) is 15.7. The summed E-state index contributed by atoms with van der Waals surface area (Å²) in [6, 6.07) is 8.78. The summed E-state index contributed by atoms with van der Waals surface area (Å²) in [5.74, 6) is 3.23. The van der Waals surface area contributed by atoms with Crippen molar-refractivity contribution < 1.29 is 35.5 Å². The summed E-state index contributed by atoms with van der Waals surface area (Å²) in [4.78, 5) is 13.0. The molecule has 4 rings (SSSR count). The van der Waals surface area contributed by atoms with Crippen LogP contribution < -0.4 is 20.1 Å². The van der Waals surface area contributed by atoms with Crippen LogP contribution in [0.25, 0.3) is 10.1 Å². The molecule has 0 atom stereocenters. The van der Waals surface area contributed by atoms with Crippen LogP contribution in [0.15, 0.2) is 35.2 Å². The minimum absolute atomic E-state index is 0.0497. The second-order valence-electron chi connectivity index (χ2n) is 10.3. The van der Waals surface area contributed by atoms with E-state index < -0.39 is 45.8 Å². The SMILES string of the molecule is CCN1CCC(Nc2cccc3c(CC(F)(F)F)c(C#CCNc4cc(F)c(S(=O)(=O)NC(C)=O)cc4OCC#N)sc23)CC1. The molecule has 9 nitrogen and oxygen atoms in total. The molecule has 3 N–H and O–H groups in total. The van der Waals surface area contributed by atoms with Gasteiger partial charge in [-0.2, -0.15) is 18.4 Å². The molecule has 0 aliphatic carbocycles. The first-order valence-electron chi connectivity index (χ1n) is 14.0. The zero-order chi connectivity index (χ0) is 32.8. The highest BCUT2D eigenvalue weighted by Crippen LogP contribution is 2.39. The number of hydrogen-bond acceptors (Lipinski definition) is 9. The monoisotopic (exact) mass is 665 g/mol. The van der Waals surface area contributed by atoms with Gasteiger partial charge in [-0.1, -0.05) is 30.9 Å². The number of carbonyl (C=O) groups is 1. The molecule has 3 aromatic rings. The molecule has 45 heavy (non-hydrogen) atoms. The Kier molecular flexibility index (Phi) is 10.8. The van der Waals surface area contributed by atoms with E-state index in [2.05, 4.69) is 34.3 Å². The Morgan fingerprint density at radius 1 is 1.20 bits per heavy atom. The molecule has 0 unspecified atom stereocenters. The number of benzene rings is 2. The maximum Gasteiger partial charge on any atom is 0.393 e. The Bertz CT molecular complexity index is 1770. The van der Waals surface area contributed by atoms with Crippen molar-refractivity contribution in [2.75, 3.05) is 43.4 Å². The number of hydrogen-bond donors (Lipinski definition) is 3. The average molecular weight is 666 g/mol. The van der Waals surface area contributed by atoms with Gasteiger partial charge in [0.2, 0.25) is 5.91 Å². The van der Waals surface area contributed by atoms with Gasteiger partial charge in [0.15, 0.2) is 6.61 Å². The summed E-state index contributed by atoms with van der Waals surface area (Å²) in [6.45, 7) is 5.24. The maximum absolute atomic E-state index is 14.8. The largest absolute Gasteiger partial charge is 0.477 e. The predicted molar refractivity (Wildman–Crippen MR) is 164 cm³/mol. The normalized spacial score (nSPS) is 14.3. The molecule has 2 aromatic carbocycles. The lowest BCUT2D eigenvalue weighted by atomic mass is 10.0. The number of ether oxygens (including phenoxy) is 1. The lowest BCUT2D eigenvalue weighted by Gasteiger charge is -2.32. The molecule has 15 heteroatoms. The number of nitriles is 1. The molecule has 1 fully saturated rings. The van der Waals surface area contributed by atoms with E-state index >= 15 is 0 Å². The maximum atomic E-state index is 14.8. The number of nitrogens with one attached hydrogen (secondary N) is 3. The van der Waals surface area contributed by atoms with E-state index in [1.54, 1.807) is 22.9 Å².